The van der Waals surface area contributed by atoms with Crippen molar-refractivity contribution in [2.75, 3.05) is 26.2 Å². The monoisotopic (exact) mass is 632 g/mol. The number of hydrogen-bond acceptors (Lipinski definition) is 5. The van der Waals surface area contributed by atoms with Crippen molar-refractivity contribution in [1.82, 2.24) is 19.0 Å². The number of likely N-dealkylation sites (tertiary alicyclic amines) is 1. The zero-order chi connectivity index (χ0) is 29.9. The number of carbonyl (C=O) groups excluding carboxylic acids is 2. The summed E-state index contributed by atoms with van der Waals surface area (Å²) < 4.78 is 69.0. The molecule has 3 heterocycles. The summed E-state index contributed by atoms with van der Waals surface area (Å²) in [5.74, 6) is -0.771. The van der Waals surface area contributed by atoms with Crippen LogP contribution in [0, 0.1) is 0 Å². The molecule has 14 heteroatoms. The second kappa shape index (κ2) is 11.0. The Balaban J connectivity index is 1.59. The minimum atomic E-state index is -4.52. The molecule has 3 aliphatic heterocycles. The Labute approximate surface area is 246 Å². The number of amides is 2. The summed E-state index contributed by atoms with van der Waals surface area (Å²) in [6.45, 7) is 4.56. The molecule has 3 atom stereocenters. The van der Waals surface area contributed by atoms with Gasteiger partial charge in [0.05, 0.1) is 17.1 Å². The van der Waals surface area contributed by atoms with E-state index in [-0.39, 0.29) is 46.4 Å². The molecule has 0 aromatic heterocycles. The van der Waals surface area contributed by atoms with Crippen LogP contribution in [0.25, 0.3) is 0 Å². The van der Waals surface area contributed by atoms with E-state index in [1.165, 1.54) is 44.4 Å². The van der Waals surface area contributed by atoms with Crippen LogP contribution >= 0.6 is 23.2 Å². The van der Waals surface area contributed by atoms with Crippen molar-refractivity contribution in [2.24, 2.45) is 0 Å². The van der Waals surface area contributed by atoms with E-state index in [4.69, 9.17) is 23.2 Å². The number of alkyl halides is 3. The quantitative estimate of drug-likeness (QED) is 0.479. The molecule has 41 heavy (non-hydrogen) atoms. The third kappa shape index (κ3) is 5.56. The van der Waals surface area contributed by atoms with Gasteiger partial charge in [-0.1, -0.05) is 35.3 Å². The van der Waals surface area contributed by atoms with Gasteiger partial charge in [0.25, 0.3) is 0 Å². The first-order chi connectivity index (χ1) is 19.2. The Bertz CT molecular complexity index is 1450. The maximum absolute atomic E-state index is 14.1. The second-order valence-electron chi connectivity index (χ2n) is 10.8. The van der Waals surface area contributed by atoms with E-state index in [1.807, 2.05) is 4.90 Å². The van der Waals surface area contributed by atoms with E-state index in [1.54, 1.807) is 13.8 Å². The number of fused-ring (bicyclic) bond motifs is 1. The van der Waals surface area contributed by atoms with Crippen LogP contribution in [0.15, 0.2) is 47.4 Å². The van der Waals surface area contributed by atoms with Gasteiger partial charge in [0.1, 0.15) is 23.1 Å². The molecule has 0 bridgehead atoms. The van der Waals surface area contributed by atoms with Crippen molar-refractivity contribution >= 4 is 45.0 Å². The van der Waals surface area contributed by atoms with Crippen LogP contribution in [-0.4, -0.2) is 89.7 Å². The molecule has 8 nitrogen and oxygen atoms in total. The molecule has 0 saturated carbocycles. The lowest BCUT2D eigenvalue weighted by Gasteiger charge is -2.56. The lowest BCUT2D eigenvalue weighted by molar-refractivity contribution is -0.173. The molecule has 0 N–H and O–H groups in total. The van der Waals surface area contributed by atoms with E-state index >= 15 is 0 Å². The minimum Gasteiger partial charge on any atom is -0.335 e. The van der Waals surface area contributed by atoms with Gasteiger partial charge in [-0.25, -0.2) is 8.42 Å². The van der Waals surface area contributed by atoms with Crippen LogP contribution in [0.2, 0.25) is 10.0 Å². The van der Waals surface area contributed by atoms with Gasteiger partial charge in [0, 0.05) is 37.1 Å². The van der Waals surface area contributed by atoms with Gasteiger partial charge in [-0.3, -0.25) is 14.5 Å². The van der Waals surface area contributed by atoms with E-state index in [2.05, 4.69) is 0 Å². The standard InChI is InChI=1S/C27H29Cl2F3N4O4S/c1-16(2)34-15-24-35(41(39,40)23-9-8-19(28)13-20(23)29)14-22(33-10-3-11-33)26(38)36(24)21(25(34)37)12-17-4-6-18(7-5-17)27(30,31)32/h4-9,13,16,21-22,24H,3,10-12,14-15H2,1-2H3. The number of sulfonamides is 1. The largest absolute Gasteiger partial charge is 0.416 e. The number of halogens is 5. The highest BCUT2D eigenvalue weighted by Crippen LogP contribution is 2.37. The van der Waals surface area contributed by atoms with Gasteiger partial charge in [0.15, 0.2) is 0 Å². The van der Waals surface area contributed by atoms with Crippen molar-refractivity contribution < 1.29 is 31.2 Å². The Morgan fingerprint density at radius 2 is 1.63 bits per heavy atom. The fourth-order valence-electron chi connectivity index (χ4n) is 5.64. The highest BCUT2D eigenvalue weighted by molar-refractivity contribution is 7.89. The summed E-state index contributed by atoms with van der Waals surface area (Å²) in [5.41, 5.74) is -0.420. The normalized spacial score (nSPS) is 24.5. The van der Waals surface area contributed by atoms with Crippen molar-refractivity contribution in [3.05, 3.63) is 63.6 Å². The molecule has 0 radical (unpaired) electrons. The Hall–Kier alpha value is -2.38. The fraction of sp³-hybridized carbons (Fsp3) is 0.481. The fourth-order valence-corrected chi connectivity index (χ4v) is 7.97. The first-order valence-electron chi connectivity index (χ1n) is 13.2. The molecule has 3 unspecified atom stereocenters. The molecular formula is C27H29Cl2F3N4O4S. The molecule has 2 aromatic rings. The predicted molar refractivity (Wildman–Crippen MR) is 147 cm³/mol. The lowest BCUT2D eigenvalue weighted by atomic mass is 9.95. The SMILES string of the molecule is CC(C)N1CC2N(C(=O)C(N3CCC3)CN2S(=O)(=O)c2ccc(Cl)cc2Cl)C(Cc2ccc(C(F)(F)F)cc2)C1=O. The highest BCUT2D eigenvalue weighted by atomic mass is 35.5. The van der Waals surface area contributed by atoms with Gasteiger partial charge < -0.3 is 9.80 Å². The molecule has 3 fully saturated rings. The second-order valence-corrected chi connectivity index (χ2v) is 13.5. The zero-order valence-electron chi connectivity index (χ0n) is 22.3. The smallest absolute Gasteiger partial charge is 0.335 e. The van der Waals surface area contributed by atoms with Crippen molar-refractivity contribution in [2.45, 2.75) is 62.1 Å². The number of hydrogen-bond donors (Lipinski definition) is 0. The average molecular weight is 634 g/mol. The number of nitrogens with zero attached hydrogens (tertiary/aromatic N) is 4. The maximum atomic E-state index is 14.1. The molecule has 3 aliphatic rings. The van der Waals surface area contributed by atoms with Gasteiger partial charge >= 0.3 is 6.18 Å². The number of benzene rings is 2. The van der Waals surface area contributed by atoms with Crippen LogP contribution in [-0.2, 0) is 32.2 Å². The van der Waals surface area contributed by atoms with Crippen molar-refractivity contribution in [3.8, 4) is 0 Å². The van der Waals surface area contributed by atoms with Gasteiger partial charge in [-0.2, -0.15) is 17.5 Å². The summed E-state index contributed by atoms with van der Waals surface area (Å²) >= 11 is 12.3. The molecule has 2 amide bonds. The Kier molecular flexibility index (Phi) is 8.10. The highest BCUT2D eigenvalue weighted by Gasteiger charge is 2.55. The first-order valence-corrected chi connectivity index (χ1v) is 15.4. The molecule has 222 valence electrons. The van der Waals surface area contributed by atoms with Crippen LogP contribution in [0.5, 0.6) is 0 Å². The van der Waals surface area contributed by atoms with Gasteiger partial charge in [-0.15, -0.1) is 0 Å². The van der Waals surface area contributed by atoms with Crippen LogP contribution in [0.1, 0.15) is 31.4 Å². The number of rotatable bonds is 6. The van der Waals surface area contributed by atoms with Crippen LogP contribution in [0.3, 0.4) is 0 Å². The Morgan fingerprint density at radius 3 is 2.17 bits per heavy atom. The molecule has 0 spiro atoms. The third-order valence-corrected chi connectivity index (χ3v) is 10.5. The molecular weight excluding hydrogens is 604 g/mol. The van der Waals surface area contributed by atoms with E-state index < -0.39 is 45.9 Å². The van der Waals surface area contributed by atoms with Crippen LogP contribution < -0.4 is 0 Å². The lowest BCUT2D eigenvalue weighted by Crippen LogP contribution is -2.77. The maximum Gasteiger partial charge on any atom is 0.416 e. The molecule has 2 aromatic carbocycles. The van der Waals surface area contributed by atoms with Gasteiger partial charge in [-0.05, 0) is 56.2 Å². The van der Waals surface area contributed by atoms with Crippen molar-refractivity contribution in [1.29, 1.82) is 0 Å². The Morgan fingerprint density at radius 1 is 0.976 bits per heavy atom. The molecule has 0 aliphatic carbocycles. The molecule has 3 saturated heterocycles. The molecule has 5 rings (SSSR count). The van der Waals surface area contributed by atoms with E-state index in [0.29, 0.717) is 18.7 Å². The summed E-state index contributed by atoms with van der Waals surface area (Å²) in [4.78, 5) is 32.4. The van der Waals surface area contributed by atoms with Crippen molar-refractivity contribution in [3.63, 3.8) is 0 Å². The number of carbonyl (C=O) groups is 2. The summed E-state index contributed by atoms with van der Waals surface area (Å²) in [7, 11) is -4.28. The predicted octanol–water partition coefficient (Wildman–Crippen LogP) is 4.11. The third-order valence-electron chi connectivity index (χ3n) is 7.96. The van der Waals surface area contributed by atoms with Gasteiger partial charge in [0.2, 0.25) is 21.8 Å². The zero-order valence-corrected chi connectivity index (χ0v) is 24.6. The average Bonchev–Trinajstić information content (AvgIpc) is 2.85. The van der Waals surface area contributed by atoms with E-state index in [9.17, 15) is 31.2 Å². The van der Waals surface area contributed by atoms with E-state index in [0.717, 1.165) is 18.6 Å². The summed E-state index contributed by atoms with van der Waals surface area (Å²) in [5, 5.41) is 0.184. The summed E-state index contributed by atoms with van der Waals surface area (Å²) in [6.07, 6.45) is -4.80. The van der Waals surface area contributed by atoms with Crippen LogP contribution in [0.4, 0.5) is 13.2 Å². The first kappa shape index (κ1) is 30.1. The topological polar surface area (TPSA) is 81.2 Å². The summed E-state index contributed by atoms with van der Waals surface area (Å²) in [6, 6.07) is 6.20. The minimum absolute atomic E-state index is 0.0666. The number of piperazine rings is 1.